The van der Waals surface area contributed by atoms with Gasteiger partial charge in [0.25, 0.3) is 5.91 Å². The average Bonchev–Trinajstić information content (AvgIpc) is 3.20. The van der Waals surface area contributed by atoms with E-state index in [4.69, 9.17) is 9.57 Å². The zero-order valence-electron chi connectivity index (χ0n) is 16.1. The number of hydrogen-bond donors (Lipinski definition) is 0. The highest BCUT2D eigenvalue weighted by molar-refractivity contribution is 6.24. The standard InChI is InChI=1S/C22H24N2O4/c1-3-10-17-19-20(28-24(17)15-11-6-5-7-12-15)22(26)23(21(19)25)16-13-8-9-14-18(16)27-4-2/h5-9,11-14,17,19-20H,3-4,10H2,1-2H3/t17-,19+,20-/m1/s1. The van der Waals surface area contributed by atoms with Crippen molar-refractivity contribution in [1.29, 1.82) is 0 Å². The van der Waals surface area contributed by atoms with Crippen LogP contribution in [0.5, 0.6) is 5.75 Å². The number of carbonyl (C=O) groups is 2. The van der Waals surface area contributed by atoms with Gasteiger partial charge in [0.2, 0.25) is 5.91 Å². The van der Waals surface area contributed by atoms with Crippen molar-refractivity contribution in [2.75, 3.05) is 16.6 Å². The van der Waals surface area contributed by atoms with E-state index in [1.807, 2.05) is 43.3 Å². The maximum Gasteiger partial charge on any atom is 0.266 e. The van der Waals surface area contributed by atoms with Gasteiger partial charge < -0.3 is 4.74 Å². The molecule has 0 aliphatic carbocycles. The quantitative estimate of drug-likeness (QED) is 0.717. The van der Waals surface area contributed by atoms with Crippen LogP contribution in [-0.2, 0) is 14.4 Å². The maximum absolute atomic E-state index is 13.4. The second-order valence-electron chi connectivity index (χ2n) is 6.98. The molecule has 0 bridgehead atoms. The Morgan fingerprint density at radius 1 is 0.964 bits per heavy atom. The summed E-state index contributed by atoms with van der Waals surface area (Å²) in [4.78, 5) is 33.8. The predicted octanol–water partition coefficient (Wildman–Crippen LogP) is 3.56. The molecule has 2 aromatic carbocycles. The first-order valence-electron chi connectivity index (χ1n) is 9.78. The Morgan fingerprint density at radius 2 is 1.68 bits per heavy atom. The summed E-state index contributed by atoms with van der Waals surface area (Å²) in [7, 11) is 0. The van der Waals surface area contributed by atoms with Crippen LogP contribution in [0.1, 0.15) is 26.7 Å². The minimum atomic E-state index is -0.807. The number of anilines is 2. The minimum absolute atomic E-state index is 0.182. The fraction of sp³-hybridized carbons (Fsp3) is 0.364. The lowest BCUT2D eigenvalue weighted by Crippen LogP contribution is -2.40. The van der Waals surface area contributed by atoms with Crippen molar-refractivity contribution in [2.24, 2.45) is 5.92 Å². The van der Waals surface area contributed by atoms with E-state index in [9.17, 15) is 9.59 Å². The number of carbonyl (C=O) groups excluding carboxylic acids is 2. The first-order chi connectivity index (χ1) is 13.7. The van der Waals surface area contributed by atoms with Gasteiger partial charge in [0.1, 0.15) is 5.75 Å². The Hall–Kier alpha value is -2.86. The molecule has 0 saturated carbocycles. The highest BCUT2D eigenvalue weighted by atomic mass is 16.7. The molecular weight excluding hydrogens is 356 g/mol. The molecule has 0 radical (unpaired) electrons. The van der Waals surface area contributed by atoms with Gasteiger partial charge in [-0.3, -0.25) is 14.4 Å². The van der Waals surface area contributed by atoms with Gasteiger partial charge in [0, 0.05) is 0 Å². The van der Waals surface area contributed by atoms with Gasteiger partial charge >= 0.3 is 0 Å². The van der Waals surface area contributed by atoms with Crippen LogP contribution >= 0.6 is 0 Å². The summed E-state index contributed by atoms with van der Waals surface area (Å²) in [6.45, 7) is 4.40. The van der Waals surface area contributed by atoms with Crippen LogP contribution in [0.2, 0.25) is 0 Å². The zero-order chi connectivity index (χ0) is 19.7. The molecule has 0 N–H and O–H groups in total. The van der Waals surface area contributed by atoms with Crippen molar-refractivity contribution < 1.29 is 19.2 Å². The van der Waals surface area contributed by atoms with Gasteiger partial charge in [-0.05, 0) is 37.6 Å². The summed E-state index contributed by atoms with van der Waals surface area (Å²) in [6, 6.07) is 16.6. The summed E-state index contributed by atoms with van der Waals surface area (Å²) < 4.78 is 5.64. The lowest BCUT2D eigenvalue weighted by Gasteiger charge is -2.28. The van der Waals surface area contributed by atoms with Crippen LogP contribution in [0.3, 0.4) is 0 Å². The van der Waals surface area contributed by atoms with E-state index < -0.39 is 12.0 Å². The van der Waals surface area contributed by atoms with Gasteiger partial charge in [0.15, 0.2) is 6.10 Å². The van der Waals surface area contributed by atoms with Gasteiger partial charge in [-0.1, -0.05) is 43.7 Å². The van der Waals surface area contributed by atoms with E-state index >= 15 is 0 Å². The smallest absolute Gasteiger partial charge is 0.266 e. The van der Waals surface area contributed by atoms with E-state index in [-0.39, 0.29) is 17.9 Å². The number of para-hydroxylation sites is 3. The van der Waals surface area contributed by atoms with Crippen molar-refractivity contribution in [2.45, 2.75) is 38.8 Å². The topological polar surface area (TPSA) is 59.1 Å². The van der Waals surface area contributed by atoms with Gasteiger partial charge in [-0.15, -0.1) is 0 Å². The summed E-state index contributed by atoms with van der Waals surface area (Å²) in [5, 5.41) is 1.75. The number of ether oxygens (including phenoxy) is 1. The second-order valence-corrected chi connectivity index (χ2v) is 6.98. The van der Waals surface area contributed by atoms with Crippen LogP contribution in [0.4, 0.5) is 11.4 Å². The third-order valence-electron chi connectivity index (χ3n) is 5.24. The van der Waals surface area contributed by atoms with Crippen molar-refractivity contribution in [1.82, 2.24) is 0 Å². The Balaban J connectivity index is 1.69. The molecule has 6 nitrogen and oxygen atoms in total. The van der Waals surface area contributed by atoms with Crippen LogP contribution in [0.15, 0.2) is 54.6 Å². The molecule has 2 fully saturated rings. The summed E-state index contributed by atoms with van der Waals surface area (Å²) in [6.07, 6.45) is 0.840. The number of imide groups is 1. The SMILES string of the molecule is CCC[C@@H]1[C@@H]2C(=O)N(c3ccccc3OCC)C(=O)[C@@H]2ON1c1ccccc1. The normalized spacial score (nSPS) is 24.0. The van der Waals surface area contributed by atoms with Crippen molar-refractivity contribution in [3.05, 3.63) is 54.6 Å². The Kier molecular flexibility index (Phi) is 5.05. The number of hydrogen-bond acceptors (Lipinski definition) is 5. The second kappa shape index (κ2) is 7.64. The number of benzene rings is 2. The van der Waals surface area contributed by atoms with Gasteiger partial charge in [0.05, 0.1) is 29.9 Å². The molecule has 2 aliphatic heterocycles. The zero-order valence-corrected chi connectivity index (χ0v) is 16.1. The molecule has 2 aliphatic rings. The average molecular weight is 380 g/mol. The number of rotatable bonds is 6. The van der Waals surface area contributed by atoms with Crippen molar-refractivity contribution in [3.8, 4) is 5.75 Å². The molecular formula is C22H24N2O4. The Labute approximate surface area is 164 Å². The largest absolute Gasteiger partial charge is 0.492 e. The first-order valence-corrected chi connectivity index (χ1v) is 9.78. The third kappa shape index (κ3) is 2.94. The van der Waals surface area contributed by atoms with E-state index in [1.165, 1.54) is 4.90 Å². The van der Waals surface area contributed by atoms with E-state index in [0.29, 0.717) is 18.0 Å². The fourth-order valence-corrected chi connectivity index (χ4v) is 4.07. The molecule has 3 atom stereocenters. The molecule has 0 unspecified atom stereocenters. The van der Waals surface area contributed by atoms with Crippen LogP contribution in [-0.4, -0.2) is 30.6 Å². The molecule has 0 aromatic heterocycles. The highest BCUT2D eigenvalue weighted by Gasteiger charge is 2.59. The highest BCUT2D eigenvalue weighted by Crippen LogP contribution is 2.43. The Bertz CT molecular complexity index is 870. The van der Waals surface area contributed by atoms with Crippen LogP contribution in [0, 0.1) is 5.92 Å². The molecule has 2 amide bonds. The molecule has 4 rings (SSSR count). The predicted molar refractivity (Wildman–Crippen MR) is 106 cm³/mol. The third-order valence-corrected chi connectivity index (χ3v) is 5.24. The first kappa shape index (κ1) is 18.5. The van der Waals surface area contributed by atoms with E-state index in [1.54, 1.807) is 23.3 Å². The molecule has 28 heavy (non-hydrogen) atoms. The van der Waals surface area contributed by atoms with Gasteiger partial charge in [-0.2, -0.15) is 0 Å². The molecule has 6 heteroatoms. The number of nitrogens with zero attached hydrogens (tertiary/aromatic N) is 2. The number of hydroxylamine groups is 1. The summed E-state index contributed by atoms with van der Waals surface area (Å²) >= 11 is 0. The molecule has 146 valence electrons. The van der Waals surface area contributed by atoms with Crippen molar-refractivity contribution >= 4 is 23.2 Å². The number of amides is 2. The summed E-state index contributed by atoms with van der Waals surface area (Å²) in [5.41, 5.74) is 1.34. The Morgan fingerprint density at radius 3 is 2.39 bits per heavy atom. The van der Waals surface area contributed by atoms with Crippen LogP contribution < -0.4 is 14.7 Å². The molecule has 2 heterocycles. The monoisotopic (exact) mass is 380 g/mol. The maximum atomic E-state index is 13.4. The molecule has 2 saturated heterocycles. The minimum Gasteiger partial charge on any atom is -0.492 e. The van der Waals surface area contributed by atoms with Gasteiger partial charge in [-0.25, -0.2) is 9.96 Å². The molecule has 0 spiro atoms. The lowest BCUT2D eigenvalue weighted by molar-refractivity contribution is -0.126. The lowest BCUT2D eigenvalue weighted by atomic mass is 9.93. The molecule has 2 aromatic rings. The number of fused-ring (bicyclic) bond motifs is 1. The van der Waals surface area contributed by atoms with E-state index in [0.717, 1.165) is 18.5 Å². The van der Waals surface area contributed by atoms with Crippen LogP contribution in [0.25, 0.3) is 0 Å². The summed E-state index contributed by atoms with van der Waals surface area (Å²) in [5.74, 6) is -0.554. The van der Waals surface area contributed by atoms with E-state index in [2.05, 4.69) is 6.92 Å². The fourth-order valence-electron chi connectivity index (χ4n) is 4.07. The van der Waals surface area contributed by atoms with Crippen molar-refractivity contribution in [3.63, 3.8) is 0 Å².